The van der Waals surface area contributed by atoms with Gasteiger partial charge < -0.3 is 14.6 Å². The van der Waals surface area contributed by atoms with Crippen LogP contribution in [0.5, 0.6) is 5.75 Å². The van der Waals surface area contributed by atoms with Crippen molar-refractivity contribution in [3.05, 3.63) is 42.0 Å². The second kappa shape index (κ2) is 4.87. The summed E-state index contributed by atoms with van der Waals surface area (Å²) < 4.78 is 5.45. The number of fused-ring (bicyclic) bond motifs is 1. The molecule has 88 valence electrons. The molecule has 0 bridgehead atoms. The maximum atomic E-state index is 10.8. The number of carbonyl (C=O) groups excluding carboxylic acids is 1. The van der Waals surface area contributed by atoms with E-state index in [-0.39, 0.29) is 6.42 Å². The summed E-state index contributed by atoms with van der Waals surface area (Å²) in [5.74, 6) is -0.474. The summed E-state index contributed by atoms with van der Waals surface area (Å²) in [6, 6.07) is 11.4. The van der Waals surface area contributed by atoms with Crippen molar-refractivity contribution in [2.75, 3.05) is 6.61 Å². The molecular formula is C14H13O3-. The van der Waals surface area contributed by atoms with Crippen molar-refractivity contribution in [1.82, 2.24) is 0 Å². The van der Waals surface area contributed by atoms with Crippen LogP contribution in [0.2, 0.25) is 0 Å². The normalized spacial score (nSPS) is 10.4. The summed E-state index contributed by atoms with van der Waals surface area (Å²) in [7, 11) is 0. The van der Waals surface area contributed by atoms with E-state index in [1.807, 2.05) is 43.3 Å². The van der Waals surface area contributed by atoms with Crippen LogP contribution in [0.1, 0.15) is 12.5 Å². The van der Waals surface area contributed by atoms with Gasteiger partial charge in [-0.1, -0.05) is 30.3 Å². The molecule has 3 nitrogen and oxygen atoms in total. The average Bonchev–Trinajstić information content (AvgIpc) is 2.32. The number of benzene rings is 2. The van der Waals surface area contributed by atoms with Gasteiger partial charge in [0.05, 0.1) is 6.61 Å². The fraction of sp³-hybridized carbons (Fsp3) is 0.214. The molecule has 0 aliphatic rings. The van der Waals surface area contributed by atoms with Crippen LogP contribution in [0.15, 0.2) is 36.4 Å². The van der Waals surface area contributed by atoms with Gasteiger partial charge in [-0.25, -0.2) is 0 Å². The number of hydrogen-bond donors (Lipinski definition) is 0. The minimum absolute atomic E-state index is 0.128. The third kappa shape index (κ3) is 2.38. The van der Waals surface area contributed by atoms with Gasteiger partial charge in [-0.2, -0.15) is 0 Å². The van der Waals surface area contributed by atoms with Crippen LogP contribution in [0, 0.1) is 0 Å². The molecule has 0 unspecified atom stereocenters. The van der Waals surface area contributed by atoms with Gasteiger partial charge >= 0.3 is 0 Å². The molecule has 17 heavy (non-hydrogen) atoms. The molecule has 0 fully saturated rings. The third-order valence-electron chi connectivity index (χ3n) is 2.62. The molecule has 0 aliphatic heterocycles. The Morgan fingerprint density at radius 2 is 2.00 bits per heavy atom. The molecule has 0 aromatic heterocycles. The highest BCUT2D eigenvalue weighted by molar-refractivity contribution is 5.90. The van der Waals surface area contributed by atoms with E-state index in [2.05, 4.69) is 0 Å². The number of hydrogen-bond acceptors (Lipinski definition) is 3. The van der Waals surface area contributed by atoms with Gasteiger partial charge in [-0.15, -0.1) is 0 Å². The zero-order chi connectivity index (χ0) is 12.3. The number of carbonyl (C=O) groups is 1. The number of carboxylic acids is 1. The Balaban J connectivity index is 2.61. The maximum Gasteiger partial charge on any atom is 0.123 e. The zero-order valence-corrected chi connectivity index (χ0v) is 9.60. The Morgan fingerprint density at radius 1 is 1.24 bits per heavy atom. The molecule has 0 heterocycles. The summed E-state index contributed by atoms with van der Waals surface area (Å²) in [5.41, 5.74) is 0.685. The molecule has 2 aromatic rings. The Hall–Kier alpha value is -2.03. The summed E-state index contributed by atoms with van der Waals surface area (Å²) in [6.45, 7) is 2.39. The fourth-order valence-corrected chi connectivity index (χ4v) is 1.93. The largest absolute Gasteiger partial charge is 0.550 e. The summed E-state index contributed by atoms with van der Waals surface area (Å²) in [5, 5.41) is 12.7. The molecule has 0 aliphatic carbocycles. The van der Waals surface area contributed by atoms with Crippen molar-refractivity contribution >= 4 is 16.7 Å². The molecule has 0 atom stereocenters. The van der Waals surface area contributed by atoms with Crippen molar-refractivity contribution < 1.29 is 14.6 Å². The molecule has 0 radical (unpaired) electrons. The summed E-state index contributed by atoms with van der Waals surface area (Å²) >= 11 is 0. The molecule has 0 saturated heterocycles. The van der Waals surface area contributed by atoms with Crippen LogP contribution in [0.4, 0.5) is 0 Å². The number of carboxylic acid groups (broad SMARTS) is 1. The lowest BCUT2D eigenvalue weighted by molar-refractivity contribution is -0.304. The van der Waals surface area contributed by atoms with Crippen LogP contribution in [0.25, 0.3) is 10.8 Å². The Labute approximate surface area is 99.6 Å². The third-order valence-corrected chi connectivity index (χ3v) is 2.62. The van der Waals surface area contributed by atoms with E-state index >= 15 is 0 Å². The summed E-state index contributed by atoms with van der Waals surface area (Å²) in [6.07, 6.45) is -0.128. The molecule has 0 N–H and O–H groups in total. The van der Waals surface area contributed by atoms with Gasteiger partial charge in [0.15, 0.2) is 0 Å². The lowest BCUT2D eigenvalue weighted by Crippen LogP contribution is -2.24. The first-order valence-corrected chi connectivity index (χ1v) is 5.55. The van der Waals surface area contributed by atoms with E-state index in [1.165, 1.54) is 0 Å². The lowest BCUT2D eigenvalue weighted by Gasteiger charge is -2.13. The van der Waals surface area contributed by atoms with E-state index < -0.39 is 5.97 Å². The van der Waals surface area contributed by atoms with E-state index in [0.717, 1.165) is 10.8 Å². The first kappa shape index (κ1) is 11.5. The van der Waals surface area contributed by atoms with Crippen molar-refractivity contribution in [1.29, 1.82) is 0 Å². The Kier molecular flexibility index (Phi) is 3.28. The van der Waals surface area contributed by atoms with Gasteiger partial charge in [0, 0.05) is 18.0 Å². The smallest absolute Gasteiger partial charge is 0.123 e. The predicted molar refractivity (Wildman–Crippen MR) is 63.8 cm³/mol. The van der Waals surface area contributed by atoms with E-state index in [1.54, 1.807) is 0 Å². The minimum atomic E-state index is -1.10. The van der Waals surface area contributed by atoms with E-state index in [4.69, 9.17) is 4.74 Å². The number of rotatable bonds is 4. The van der Waals surface area contributed by atoms with Crippen LogP contribution in [-0.4, -0.2) is 12.6 Å². The van der Waals surface area contributed by atoms with Crippen molar-refractivity contribution in [3.8, 4) is 5.75 Å². The van der Waals surface area contributed by atoms with Gasteiger partial charge in [0.2, 0.25) is 0 Å². The van der Waals surface area contributed by atoms with Crippen molar-refractivity contribution in [2.24, 2.45) is 0 Å². The molecule has 2 rings (SSSR count). The first-order valence-electron chi connectivity index (χ1n) is 5.55. The predicted octanol–water partition coefficient (Wildman–Crippen LogP) is 1.53. The molecule has 3 heteroatoms. The van der Waals surface area contributed by atoms with Crippen molar-refractivity contribution in [2.45, 2.75) is 13.3 Å². The van der Waals surface area contributed by atoms with Crippen LogP contribution >= 0.6 is 0 Å². The SMILES string of the molecule is CCOc1ccc2ccccc2c1CC(=O)[O-]. The molecular weight excluding hydrogens is 216 g/mol. The molecule has 0 saturated carbocycles. The van der Waals surface area contributed by atoms with E-state index in [9.17, 15) is 9.90 Å². The Bertz CT molecular complexity index is 546. The standard InChI is InChI=1S/C14H14O3/c1-2-17-13-8-7-10-5-3-4-6-11(10)12(13)9-14(15)16/h3-8H,2,9H2,1H3,(H,15,16)/p-1. The monoisotopic (exact) mass is 229 g/mol. The highest BCUT2D eigenvalue weighted by atomic mass is 16.5. The maximum absolute atomic E-state index is 10.8. The van der Waals surface area contributed by atoms with Crippen LogP contribution in [0.3, 0.4) is 0 Å². The molecule has 0 spiro atoms. The van der Waals surface area contributed by atoms with Crippen LogP contribution in [-0.2, 0) is 11.2 Å². The number of ether oxygens (including phenoxy) is 1. The van der Waals surface area contributed by atoms with Gasteiger partial charge in [-0.3, -0.25) is 0 Å². The molecule has 0 amide bonds. The van der Waals surface area contributed by atoms with Gasteiger partial charge in [-0.05, 0) is 23.8 Å². The quantitative estimate of drug-likeness (QED) is 0.798. The van der Waals surface area contributed by atoms with Gasteiger partial charge in [0.25, 0.3) is 0 Å². The Morgan fingerprint density at radius 3 is 2.71 bits per heavy atom. The highest BCUT2D eigenvalue weighted by Crippen LogP contribution is 2.28. The number of aliphatic carboxylic acids is 1. The van der Waals surface area contributed by atoms with Gasteiger partial charge in [0.1, 0.15) is 5.75 Å². The first-order chi connectivity index (χ1) is 8.22. The second-order valence-corrected chi connectivity index (χ2v) is 3.75. The topological polar surface area (TPSA) is 49.4 Å². The van der Waals surface area contributed by atoms with Crippen LogP contribution < -0.4 is 9.84 Å². The fourth-order valence-electron chi connectivity index (χ4n) is 1.93. The minimum Gasteiger partial charge on any atom is -0.550 e. The van der Waals surface area contributed by atoms with Crippen molar-refractivity contribution in [3.63, 3.8) is 0 Å². The zero-order valence-electron chi connectivity index (χ0n) is 9.60. The molecule has 2 aromatic carbocycles. The lowest BCUT2D eigenvalue weighted by atomic mass is 10.0. The second-order valence-electron chi connectivity index (χ2n) is 3.75. The average molecular weight is 229 g/mol. The highest BCUT2D eigenvalue weighted by Gasteiger charge is 2.08. The van der Waals surface area contributed by atoms with E-state index in [0.29, 0.717) is 17.9 Å². The summed E-state index contributed by atoms with van der Waals surface area (Å²) in [4.78, 5) is 10.8.